The number of hydrogen-bond acceptors (Lipinski definition) is 5. The first-order valence-corrected chi connectivity index (χ1v) is 4.19. The molecule has 0 aliphatic carbocycles. The lowest BCUT2D eigenvalue weighted by molar-refractivity contribution is -0.274. The Hall–Kier alpha value is -2.48. The van der Waals surface area contributed by atoms with E-state index < -0.39 is 17.8 Å². The van der Waals surface area contributed by atoms with Crippen molar-refractivity contribution in [2.45, 2.75) is 12.8 Å². The minimum atomic E-state index is -4.92. The summed E-state index contributed by atoms with van der Waals surface area (Å²) in [5, 5.41) is 17.0. The third kappa shape index (κ3) is 3.24. The molecule has 1 aromatic rings. The van der Waals surface area contributed by atoms with Crippen molar-refractivity contribution in [3.8, 4) is 17.9 Å². The lowest BCUT2D eigenvalue weighted by Crippen LogP contribution is -2.19. The lowest BCUT2D eigenvalue weighted by atomic mass is 10.2. The fraction of sp³-hybridized carbons (Fsp3) is 0.222. The van der Waals surface area contributed by atoms with Crippen molar-refractivity contribution in [3.63, 3.8) is 0 Å². The number of pyridine rings is 1. The Morgan fingerprint density at radius 3 is 2.53 bits per heavy atom. The second-order valence-electron chi connectivity index (χ2n) is 2.86. The molecule has 0 atom stereocenters. The highest BCUT2D eigenvalue weighted by atomic mass is 19.4. The van der Waals surface area contributed by atoms with E-state index in [-0.39, 0.29) is 17.8 Å². The Kier molecular flexibility index (Phi) is 3.39. The first-order valence-electron chi connectivity index (χ1n) is 4.19. The number of alkyl halides is 3. The van der Waals surface area contributed by atoms with Gasteiger partial charge < -0.3 is 10.5 Å². The Bertz CT molecular complexity index is 513. The number of halogens is 3. The van der Waals surface area contributed by atoms with Gasteiger partial charge in [-0.15, -0.1) is 13.2 Å². The molecule has 0 fully saturated rings. The third-order valence-electron chi connectivity index (χ3n) is 1.69. The zero-order valence-corrected chi connectivity index (χ0v) is 8.25. The van der Waals surface area contributed by atoms with Crippen molar-refractivity contribution in [1.29, 1.82) is 10.5 Å². The van der Waals surface area contributed by atoms with Crippen LogP contribution in [0.2, 0.25) is 0 Å². The van der Waals surface area contributed by atoms with Gasteiger partial charge in [-0.1, -0.05) is 0 Å². The van der Waals surface area contributed by atoms with Crippen LogP contribution < -0.4 is 10.5 Å². The predicted octanol–water partition coefficient (Wildman–Crippen LogP) is 1.50. The highest BCUT2D eigenvalue weighted by Gasteiger charge is 2.32. The molecule has 1 aromatic heterocycles. The number of anilines is 1. The summed E-state index contributed by atoms with van der Waals surface area (Å²) in [6.07, 6.45) is -5.23. The largest absolute Gasteiger partial charge is 0.573 e. The summed E-state index contributed by atoms with van der Waals surface area (Å²) in [7, 11) is 0. The van der Waals surface area contributed by atoms with E-state index in [2.05, 4.69) is 9.72 Å². The second kappa shape index (κ2) is 4.58. The lowest BCUT2D eigenvalue weighted by Gasteiger charge is -2.12. The first kappa shape index (κ1) is 12.6. The first-order chi connectivity index (χ1) is 7.87. The van der Waals surface area contributed by atoms with E-state index >= 15 is 0 Å². The molecule has 0 saturated carbocycles. The summed E-state index contributed by atoms with van der Waals surface area (Å²) in [6.45, 7) is 0. The number of aromatic nitrogens is 1. The summed E-state index contributed by atoms with van der Waals surface area (Å²) in [6, 6.07) is 4.00. The predicted molar refractivity (Wildman–Crippen MR) is 49.4 cm³/mol. The number of nitrogens with zero attached hydrogens (tertiary/aromatic N) is 3. The van der Waals surface area contributed by atoms with Crippen molar-refractivity contribution in [3.05, 3.63) is 17.5 Å². The van der Waals surface area contributed by atoms with E-state index in [4.69, 9.17) is 16.3 Å². The van der Waals surface area contributed by atoms with Gasteiger partial charge in [0.25, 0.3) is 0 Å². The van der Waals surface area contributed by atoms with E-state index in [1.165, 1.54) is 0 Å². The Morgan fingerprint density at radius 1 is 1.41 bits per heavy atom. The highest BCUT2D eigenvalue weighted by Crippen LogP contribution is 2.30. The molecule has 5 nitrogen and oxygen atoms in total. The molecule has 1 heterocycles. The van der Waals surface area contributed by atoms with Crippen LogP contribution in [0.5, 0.6) is 5.75 Å². The highest BCUT2D eigenvalue weighted by molar-refractivity contribution is 5.58. The molecule has 0 spiro atoms. The van der Waals surface area contributed by atoms with Gasteiger partial charge in [0.15, 0.2) is 5.75 Å². The summed E-state index contributed by atoms with van der Waals surface area (Å²) < 4.78 is 39.7. The average Bonchev–Trinajstić information content (AvgIpc) is 2.22. The Morgan fingerprint density at radius 2 is 2.06 bits per heavy atom. The van der Waals surface area contributed by atoms with E-state index in [1.807, 2.05) is 0 Å². The van der Waals surface area contributed by atoms with Crippen LogP contribution >= 0.6 is 0 Å². The van der Waals surface area contributed by atoms with Gasteiger partial charge in [0.2, 0.25) is 0 Å². The van der Waals surface area contributed by atoms with Gasteiger partial charge in [0, 0.05) is 6.07 Å². The maximum Gasteiger partial charge on any atom is 0.573 e. The van der Waals surface area contributed by atoms with Crippen LogP contribution in [0.1, 0.15) is 11.4 Å². The molecular weight excluding hydrogens is 237 g/mol. The second-order valence-corrected chi connectivity index (χ2v) is 2.86. The van der Waals surface area contributed by atoms with Crippen LogP contribution in [0.15, 0.2) is 6.07 Å². The van der Waals surface area contributed by atoms with Crippen LogP contribution in [-0.4, -0.2) is 11.3 Å². The van der Waals surface area contributed by atoms with Crippen LogP contribution in [0.3, 0.4) is 0 Å². The van der Waals surface area contributed by atoms with Crippen molar-refractivity contribution in [2.24, 2.45) is 0 Å². The van der Waals surface area contributed by atoms with Crippen LogP contribution in [0.4, 0.5) is 18.9 Å². The van der Waals surface area contributed by atoms with Crippen molar-refractivity contribution in [2.75, 3.05) is 5.73 Å². The zero-order chi connectivity index (χ0) is 13.1. The number of nitriles is 2. The third-order valence-corrected chi connectivity index (χ3v) is 1.69. The molecule has 2 N–H and O–H groups in total. The molecule has 1 rings (SSSR count). The minimum absolute atomic E-state index is 0.120. The molecule has 0 amide bonds. The molecule has 0 unspecified atom stereocenters. The molecule has 17 heavy (non-hydrogen) atoms. The van der Waals surface area contributed by atoms with Crippen LogP contribution in [0.25, 0.3) is 0 Å². The SMILES string of the molecule is N#CCc1nc(C#N)cc(OC(F)(F)F)c1N. The van der Waals surface area contributed by atoms with Gasteiger partial charge in [0.05, 0.1) is 23.9 Å². The van der Waals surface area contributed by atoms with Crippen LogP contribution in [-0.2, 0) is 6.42 Å². The van der Waals surface area contributed by atoms with E-state index in [0.29, 0.717) is 0 Å². The molecule has 0 aromatic carbocycles. The van der Waals surface area contributed by atoms with Gasteiger partial charge >= 0.3 is 6.36 Å². The van der Waals surface area contributed by atoms with Gasteiger partial charge in [-0.2, -0.15) is 10.5 Å². The summed E-state index contributed by atoms with van der Waals surface area (Å²) in [5.74, 6) is -0.727. The smallest absolute Gasteiger partial charge is 0.403 e. The monoisotopic (exact) mass is 242 g/mol. The van der Waals surface area contributed by atoms with Gasteiger partial charge in [-0.3, -0.25) is 0 Å². The minimum Gasteiger partial charge on any atom is -0.403 e. The molecule has 0 aliphatic heterocycles. The molecule has 0 aliphatic rings. The molecule has 88 valence electrons. The van der Waals surface area contributed by atoms with Gasteiger partial charge in [-0.05, 0) is 0 Å². The molecular formula is C9H5F3N4O. The van der Waals surface area contributed by atoms with Gasteiger partial charge in [-0.25, -0.2) is 4.98 Å². The van der Waals surface area contributed by atoms with E-state index in [9.17, 15) is 13.2 Å². The number of rotatable bonds is 2. The summed E-state index contributed by atoms with van der Waals surface area (Å²) in [4.78, 5) is 3.62. The van der Waals surface area contributed by atoms with E-state index in [1.54, 1.807) is 12.1 Å². The van der Waals surface area contributed by atoms with Crippen molar-refractivity contribution >= 4 is 5.69 Å². The van der Waals surface area contributed by atoms with Crippen molar-refractivity contribution < 1.29 is 17.9 Å². The fourth-order valence-electron chi connectivity index (χ4n) is 1.06. The van der Waals surface area contributed by atoms with E-state index in [0.717, 1.165) is 6.07 Å². The fourth-order valence-corrected chi connectivity index (χ4v) is 1.06. The maximum atomic E-state index is 12.0. The quantitative estimate of drug-likeness (QED) is 0.847. The Balaban J connectivity index is 3.26. The molecule has 0 bridgehead atoms. The maximum absolute atomic E-state index is 12.0. The molecule has 0 radical (unpaired) electrons. The average molecular weight is 242 g/mol. The Labute approximate surface area is 93.8 Å². The number of nitrogen functional groups attached to an aromatic ring is 1. The summed E-state index contributed by atoms with van der Waals surface area (Å²) in [5.41, 5.74) is 4.53. The number of hydrogen-bond donors (Lipinski definition) is 1. The number of ether oxygens (including phenoxy) is 1. The van der Waals surface area contributed by atoms with Gasteiger partial charge in [0.1, 0.15) is 11.8 Å². The zero-order valence-electron chi connectivity index (χ0n) is 8.25. The topological polar surface area (TPSA) is 95.7 Å². The number of nitrogens with two attached hydrogens (primary N) is 1. The van der Waals surface area contributed by atoms with Crippen molar-refractivity contribution in [1.82, 2.24) is 4.98 Å². The standard InChI is InChI=1S/C9H5F3N4O/c10-9(11,12)17-7-3-5(4-14)16-6(1-2-13)8(7)15/h3H,1,15H2. The molecule has 0 saturated heterocycles. The molecule has 8 heteroatoms. The normalized spacial score (nSPS) is 10.4. The van der Waals surface area contributed by atoms with Crippen LogP contribution in [0, 0.1) is 22.7 Å². The summed E-state index contributed by atoms with van der Waals surface area (Å²) >= 11 is 0.